The second-order valence-corrected chi connectivity index (χ2v) is 5.41. The van der Waals surface area contributed by atoms with Crippen LogP contribution >= 0.6 is 27.7 Å². The molecule has 0 radical (unpaired) electrons. The second-order valence-electron chi connectivity index (χ2n) is 3.55. The Balaban J connectivity index is 1.83. The molecule has 0 aliphatic carbocycles. The number of aromatic amines is 1. The molecule has 18 heavy (non-hydrogen) atoms. The molecule has 2 rings (SSSR count). The summed E-state index contributed by atoms with van der Waals surface area (Å²) < 4.78 is 0.978. The van der Waals surface area contributed by atoms with E-state index in [1.807, 2.05) is 31.2 Å². The van der Waals surface area contributed by atoms with E-state index in [0.717, 1.165) is 16.0 Å². The van der Waals surface area contributed by atoms with Gasteiger partial charge in [0.05, 0.1) is 5.75 Å². The van der Waals surface area contributed by atoms with Crippen LogP contribution in [0.4, 0.5) is 5.69 Å². The summed E-state index contributed by atoms with van der Waals surface area (Å²) in [5.41, 5.74) is 0.773. The summed E-state index contributed by atoms with van der Waals surface area (Å²) in [6.07, 6.45) is 0. The van der Waals surface area contributed by atoms with Crippen molar-refractivity contribution >= 4 is 39.3 Å². The van der Waals surface area contributed by atoms with E-state index < -0.39 is 0 Å². The number of aromatic nitrogens is 3. The molecule has 0 saturated heterocycles. The molecule has 0 fully saturated rings. The lowest BCUT2D eigenvalue weighted by Crippen LogP contribution is -2.13. The van der Waals surface area contributed by atoms with Crippen molar-refractivity contribution in [2.75, 3.05) is 11.1 Å². The van der Waals surface area contributed by atoms with E-state index in [-0.39, 0.29) is 11.7 Å². The molecule has 0 atom stereocenters. The first-order valence-electron chi connectivity index (χ1n) is 5.21. The van der Waals surface area contributed by atoms with Gasteiger partial charge in [-0.1, -0.05) is 27.7 Å². The number of aryl methyl sites for hydroxylation is 1. The maximum Gasteiger partial charge on any atom is 0.234 e. The van der Waals surface area contributed by atoms with Crippen molar-refractivity contribution in [3.8, 4) is 0 Å². The largest absolute Gasteiger partial charge is 0.325 e. The number of nitrogens with zero attached hydrogens (tertiary/aromatic N) is 2. The van der Waals surface area contributed by atoms with Gasteiger partial charge in [0.15, 0.2) is 0 Å². The van der Waals surface area contributed by atoms with Gasteiger partial charge in [0.2, 0.25) is 11.1 Å². The van der Waals surface area contributed by atoms with Crippen LogP contribution in [-0.4, -0.2) is 26.8 Å². The standard InChI is InChI=1S/C11H11BrN4OS/c1-7-13-11(16-15-7)18-6-10(17)14-9-4-2-8(12)3-5-9/h2-5H,6H2,1H3,(H,14,17)(H,13,15,16). The third-order valence-corrected chi connectivity index (χ3v) is 3.41. The predicted octanol–water partition coefficient (Wildman–Crippen LogP) is 2.61. The zero-order valence-corrected chi connectivity index (χ0v) is 12.0. The summed E-state index contributed by atoms with van der Waals surface area (Å²) in [7, 11) is 0. The van der Waals surface area contributed by atoms with E-state index in [1.54, 1.807) is 0 Å². The average molecular weight is 327 g/mol. The zero-order chi connectivity index (χ0) is 13.0. The molecule has 7 heteroatoms. The number of anilines is 1. The number of rotatable bonds is 4. The van der Waals surface area contributed by atoms with Crippen molar-refractivity contribution in [3.05, 3.63) is 34.6 Å². The van der Waals surface area contributed by atoms with E-state index in [4.69, 9.17) is 0 Å². The van der Waals surface area contributed by atoms with Gasteiger partial charge >= 0.3 is 0 Å². The van der Waals surface area contributed by atoms with E-state index in [1.165, 1.54) is 11.8 Å². The smallest absolute Gasteiger partial charge is 0.234 e. The Labute approximate surface area is 117 Å². The van der Waals surface area contributed by atoms with Crippen LogP contribution in [0.1, 0.15) is 5.82 Å². The predicted molar refractivity (Wildman–Crippen MR) is 74.6 cm³/mol. The van der Waals surface area contributed by atoms with Gasteiger partial charge in [-0.3, -0.25) is 9.89 Å². The minimum atomic E-state index is -0.0789. The lowest BCUT2D eigenvalue weighted by molar-refractivity contribution is -0.113. The van der Waals surface area contributed by atoms with Crippen LogP contribution in [0.2, 0.25) is 0 Å². The van der Waals surface area contributed by atoms with Crippen LogP contribution in [0.3, 0.4) is 0 Å². The third kappa shape index (κ3) is 3.85. The molecule has 5 nitrogen and oxygen atoms in total. The number of nitrogens with one attached hydrogen (secondary N) is 2. The maximum absolute atomic E-state index is 11.7. The van der Waals surface area contributed by atoms with Crippen molar-refractivity contribution in [2.24, 2.45) is 0 Å². The van der Waals surface area contributed by atoms with Gasteiger partial charge in [-0.2, -0.15) is 0 Å². The van der Waals surface area contributed by atoms with Crippen molar-refractivity contribution in [3.63, 3.8) is 0 Å². The van der Waals surface area contributed by atoms with E-state index >= 15 is 0 Å². The van der Waals surface area contributed by atoms with Crippen molar-refractivity contribution in [1.82, 2.24) is 15.2 Å². The molecule has 0 saturated carbocycles. The minimum absolute atomic E-state index is 0.0789. The topological polar surface area (TPSA) is 70.7 Å². The van der Waals surface area contributed by atoms with Gasteiger partial charge in [-0.15, -0.1) is 5.10 Å². The number of H-pyrrole nitrogens is 1. The number of amides is 1. The molecule has 94 valence electrons. The molecule has 1 heterocycles. The Kier molecular flexibility index (Phi) is 4.38. The lowest BCUT2D eigenvalue weighted by Gasteiger charge is -2.03. The van der Waals surface area contributed by atoms with E-state index in [0.29, 0.717) is 5.16 Å². The second kappa shape index (κ2) is 6.01. The highest BCUT2D eigenvalue weighted by Gasteiger charge is 2.06. The third-order valence-electron chi connectivity index (χ3n) is 2.04. The van der Waals surface area contributed by atoms with Gasteiger partial charge in [0, 0.05) is 10.2 Å². The van der Waals surface area contributed by atoms with Crippen LogP contribution in [0.5, 0.6) is 0 Å². The van der Waals surface area contributed by atoms with Gasteiger partial charge < -0.3 is 5.32 Å². The van der Waals surface area contributed by atoms with Crippen LogP contribution in [0.15, 0.2) is 33.9 Å². The van der Waals surface area contributed by atoms with Crippen LogP contribution in [-0.2, 0) is 4.79 Å². The molecule has 1 aromatic carbocycles. The molecular formula is C11H11BrN4OS. The molecule has 2 aromatic rings. The van der Waals surface area contributed by atoms with Gasteiger partial charge in [0.25, 0.3) is 0 Å². The molecular weight excluding hydrogens is 316 g/mol. The molecule has 0 spiro atoms. The Morgan fingerprint density at radius 2 is 2.17 bits per heavy atom. The summed E-state index contributed by atoms with van der Waals surface area (Å²) in [4.78, 5) is 15.8. The fourth-order valence-corrected chi connectivity index (χ4v) is 2.16. The summed E-state index contributed by atoms with van der Waals surface area (Å²) in [6.45, 7) is 1.82. The Morgan fingerprint density at radius 3 is 2.78 bits per heavy atom. The van der Waals surface area contributed by atoms with E-state index in [9.17, 15) is 4.79 Å². The number of thioether (sulfide) groups is 1. The summed E-state index contributed by atoms with van der Waals surface area (Å²) in [5.74, 6) is 0.948. The number of hydrogen-bond donors (Lipinski definition) is 2. The highest BCUT2D eigenvalue weighted by Crippen LogP contribution is 2.16. The Bertz CT molecular complexity index is 540. The van der Waals surface area contributed by atoms with Crippen LogP contribution < -0.4 is 5.32 Å². The van der Waals surface area contributed by atoms with Crippen molar-refractivity contribution < 1.29 is 4.79 Å². The molecule has 1 amide bonds. The van der Waals surface area contributed by atoms with Crippen molar-refractivity contribution in [2.45, 2.75) is 12.1 Å². The summed E-state index contributed by atoms with van der Waals surface area (Å²) >= 11 is 4.64. The molecule has 0 bridgehead atoms. The van der Waals surface area contributed by atoms with Crippen LogP contribution in [0, 0.1) is 6.92 Å². The summed E-state index contributed by atoms with van der Waals surface area (Å²) in [5, 5.41) is 10.1. The number of halogens is 1. The van der Waals surface area contributed by atoms with Crippen molar-refractivity contribution in [1.29, 1.82) is 0 Å². The molecule has 0 aliphatic rings. The number of benzene rings is 1. The van der Waals surface area contributed by atoms with Gasteiger partial charge in [-0.05, 0) is 31.2 Å². The fraction of sp³-hybridized carbons (Fsp3) is 0.182. The first-order chi connectivity index (χ1) is 8.63. The highest BCUT2D eigenvalue weighted by molar-refractivity contribution is 9.10. The SMILES string of the molecule is Cc1nc(SCC(=O)Nc2ccc(Br)cc2)n[nH]1. The van der Waals surface area contributed by atoms with Gasteiger partial charge in [0.1, 0.15) is 5.82 Å². The summed E-state index contributed by atoms with van der Waals surface area (Å²) in [6, 6.07) is 7.43. The number of hydrogen-bond acceptors (Lipinski definition) is 4. The van der Waals surface area contributed by atoms with E-state index in [2.05, 4.69) is 36.4 Å². The maximum atomic E-state index is 11.7. The lowest BCUT2D eigenvalue weighted by atomic mass is 10.3. The van der Waals surface area contributed by atoms with Crippen LogP contribution in [0.25, 0.3) is 0 Å². The number of carbonyl (C=O) groups is 1. The first-order valence-corrected chi connectivity index (χ1v) is 6.98. The Morgan fingerprint density at radius 1 is 1.44 bits per heavy atom. The minimum Gasteiger partial charge on any atom is -0.325 e. The average Bonchev–Trinajstić information content (AvgIpc) is 2.76. The molecule has 0 aliphatic heterocycles. The Hall–Kier alpha value is -1.34. The quantitative estimate of drug-likeness (QED) is 0.847. The molecule has 1 aromatic heterocycles. The first kappa shape index (κ1) is 13.1. The molecule has 0 unspecified atom stereocenters. The highest BCUT2D eigenvalue weighted by atomic mass is 79.9. The number of carbonyl (C=O) groups excluding carboxylic acids is 1. The fourth-order valence-electron chi connectivity index (χ4n) is 1.25. The monoisotopic (exact) mass is 326 g/mol. The van der Waals surface area contributed by atoms with Gasteiger partial charge in [-0.25, -0.2) is 4.98 Å². The molecule has 2 N–H and O–H groups in total. The normalized spacial score (nSPS) is 10.3. The zero-order valence-electron chi connectivity index (χ0n) is 9.61.